The molecular weight excluding hydrogens is 230 g/mol. The number of hydrogen-bond acceptors (Lipinski definition) is 1. The van der Waals surface area contributed by atoms with E-state index in [9.17, 15) is 0 Å². The highest BCUT2D eigenvalue weighted by molar-refractivity contribution is 5.38. The number of fused-ring (bicyclic) bond motifs is 1. The molecule has 3 rings (SSSR count). The lowest BCUT2D eigenvalue weighted by molar-refractivity contribution is 0.711. The van der Waals surface area contributed by atoms with E-state index in [-0.39, 0.29) is 6.04 Å². The van der Waals surface area contributed by atoms with Crippen LogP contribution in [0.3, 0.4) is 0 Å². The quantitative estimate of drug-likeness (QED) is 0.802. The van der Waals surface area contributed by atoms with E-state index >= 15 is 0 Å². The van der Waals surface area contributed by atoms with E-state index in [1.165, 1.54) is 54.4 Å². The van der Waals surface area contributed by atoms with Gasteiger partial charge in [0.05, 0.1) is 6.04 Å². The van der Waals surface area contributed by atoms with Gasteiger partial charge in [0.15, 0.2) is 0 Å². The molecule has 19 heavy (non-hydrogen) atoms. The van der Waals surface area contributed by atoms with Gasteiger partial charge in [0.2, 0.25) is 0 Å². The molecular formula is C18H21N. The summed E-state index contributed by atoms with van der Waals surface area (Å²) in [6.45, 7) is 0. The van der Waals surface area contributed by atoms with Crippen molar-refractivity contribution in [2.45, 2.75) is 38.1 Å². The summed E-state index contributed by atoms with van der Waals surface area (Å²) < 4.78 is 0. The Hall–Kier alpha value is -1.60. The van der Waals surface area contributed by atoms with Crippen LogP contribution in [0.4, 0.5) is 0 Å². The average molecular weight is 251 g/mol. The molecule has 0 fully saturated rings. The van der Waals surface area contributed by atoms with Gasteiger partial charge in [0.1, 0.15) is 0 Å². The summed E-state index contributed by atoms with van der Waals surface area (Å²) in [7, 11) is 0. The van der Waals surface area contributed by atoms with Gasteiger partial charge in [0, 0.05) is 0 Å². The molecule has 2 N–H and O–H groups in total. The summed E-state index contributed by atoms with van der Waals surface area (Å²) in [5.74, 6) is 0. The van der Waals surface area contributed by atoms with Gasteiger partial charge in [0.25, 0.3) is 0 Å². The Morgan fingerprint density at radius 2 is 1.47 bits per heavy atom. The Morgan fingerprint density at radius 3 is 2.26 bits per heavy atom. The minimum Gasteiger partial charge on any atom is -0.320 e. The highest BCUT2D eigenvalue weighted by Gasteiger charge is 2.13. The lowest BCUT2D eigenvalue weighted by atomic mass is 9.94. The summed E-state index contributed by atoms with van der Waals surface area (Å²) in [4.78, 5) is 0. The molecule has 2 aromatic rings. The normalized spacial score (nSPS) is 16.5. The zero-order valence-corrected chi connectivity index (χ0v) is 11.3. The topological polar surface area (TPSA) is 26.0 Å². The number of rotatable bonds is 2. The van der Waals surface area contributed by atoms with E-state index in [1.807, 2.05) is 6.07 Å². The highest BCUT2D eigenvalue weighted by Crippen LogP contribution is 2.26. The van der Waals surface area contributed by atoms with Gasteiger partial charge in [-0.25, -0.2) is 0 Å². The lowest BCUT2D eigenvalue weighted by Gasteiger charge is -2.15. The minimum absolute atomic E-state index is 0.00486. The summed E-state index contributed by atoms with van der Waals surface area (Å²) in [6.07, 6.45) is 6.45. The summed E-state index contributed by atoms with van der Waals surface area (Å²) in [5.41, 5.74) is 11.9. The van der Waals surface area contributed by atoms with Crippen LogP contribution in [-0.2, 0) is 12.8 Å². The molecule has 0 radical (unpaired) electrons. The van der Waals surface area contributed by atoms with Crippen molar-refractivity contribution in [1.29, 1.82) is 0 Å². The molecule has 0 saturated carbocycles. The van der Waals surface area contributed by atoms with Crippen molar-refractivity contribution >= 4 is 0 Å². The van der Waals surface area contributed by atoms with Crippen LogP contribution in [0.25, 0.3) is 0 Å². The Kier molecular flexibility index (Phi) is 3.65. The second-order valence-electron chi connectivity index (χ2n) is 5.48. The maximum absolute atomic E-state index is 6.39. The fourth-order valence-corrected chi connectivity index (χ4v) is 2.98. The van der Waals surface area contributed by atoms with Crippen molar-refractivity contribution < 1.29 is 0 Å². The SMILES string of the molecule is NC(c1ccccc1)c1ccc2c(c1)CCCCC2. The molecule has 0 spiro atoms. The van der Waals surface area contributed by atoms with Crippen molar-refractivity contribution in [1.82, 2.24) is 0 Å². The smallest absolute Gasteiger partial charge is 0.0551 e. The van der Waals surface area contributed by atoms with Crippen LogP contribution in [0.5, 0.6) is 0 Å². The van der Waals surface area contributed by atoms with E-state index in [0.29, 0.717) is 0 Å². The van der Waals surface area contributed by atoms with Crippen LogP contribution in [0, 0.1) is 0 Å². The first-order valence-electron chi connectivity index (χ1n) is 7.27. The Bertz CT molecular complexity index is 545. The van der Waals surface area contributed by atoms with Gasteiger partial charge >= 0.3 is 0 Å². The first kappa shape index (κ1) is 12.4. The van der Waals surface area contributed by atoms with Crippen molar-refractivity contribution in [3.05, 3.63) is 70.8 Å². The molecule has 1 aliphatic rings. The van der Waals surface area contributed by atoms with Crippen molar-refractivity contribution in [2.24, 2.45) is 5.73 Å². The standard InChI is InChI=1S/C18H21N/c19-18(15-8-4-2-5-9-15)17-12-11-14-7-3-1-6-10-16(14)13-17/h2,4-5,8-9,11-13,18H,1,3,6-7,10,19H2. The zero-order valence-electron chi connectivity index (χ0n) is 11.3. The molecule has 0 bridgehead atoms. The van der Waals surface area contributed by atoms with Crippen LogP contribution in [0.2, 0.25) is 0 Å². The van der Waals surface area contributed by atoms with Crippen LogP contribution < -0.4 is 5.73 Å². The molecule has 1 atom stereocenters. The van der Waals surface area contributed by atoms with E-state index < -0.39 is 0 Å². The molecule has 1 nitrogen and oxygen atoms in total. The minimum atomic E-state index is -0.00486. The van der Waals surface area contributed by atoms with Crippen LogP contribution in [-0.4, -0.2) is 0 Å². The van der Waals surface area contributed by atoms with Gasteiger partial charge in [-0.15, -0.1) is 0 Å². The Balaban J connectivity index is 1.91. The third-order valence-corrected chi connectivity index (χ3v) is 4.14. The van der Waals surface area contributed by atoms with Crippen LogP contribution in [0.1, 0.15) is 47.6 Å². The molecule has 0 amide bonds. The summed E-state index contributed by atoms with van der Waals surface area (Å²) >= 11 is 0. The Morgan fingerprint density at radius 1 is 0.737 bits per heavy atom. The number of nitrogens with two attached hydrogens (primary N) is 1. The van der Waals surface area contributed by atoms with Gasteiger partial charge < -0.3 is 5.73 Å². The molecule has 0 saturated heterocycles. The maximum atomic E-state index is 6.39. The molecule has 0 aromatic heterocycles. The first-order chi connectivity index (χ1) is 9.34. The summed E-state index contributed by atoms with van der Waals surface area (Å²) in [6, 6.07) is 17.2. The van der Waals surface area contributed by atoms with Gasteiger partial charge in [-0.3, -0.25) is 0 Å². The van der Waals surface area contributed by atoms with Crippen LogP contribution in [0.15, 0.2) is 48.5 Å². The molecule has 1 heteroatoms. The highest BCUT2D eigenvalue weighted by atomic mass is 14.6. The number of aryl methyl sites for hydroxylation is 2. The molecule has 1 aliphatic carbocycles. The largest absolute Gasteiger partial charge is 0.320 e. The molecule has 2 aromatic carbocycles. The fourth-order valence-electron chi connectivity index (χ4n) is 2.98. The third kappa shape index (κ3) is 2.71. The second kappa shape index (κ2) is 5.58. The number of benzene rings is 2. The Labute approximate surface area is 115 Å². The predicted octanol–water partition coefficient (Wildman–Crippen LogP) is 4.00. The molecule has 1 unspecified atom stereocenters. The zero-order chi connectivity index (χ0) is 13.1. The van der Waals surface area contributed by atoms with Gasteiger partial charge in [-0.05, 0) is 47.9 Å². The van der Waals surface area contributed by atoms with Gasteiger partial charge in [-0.1, -0.05) is 55.0 Å². The molecule has 0 aliphatic heterocycles. The van der Waals surface area contributed by atoms with Crippen molar-refractivity contribution in [3.8, 4) is 0 Å². The average Bonchev–Trinajstić information content (AvgIpc) is 2.72. The van der Waals surface area contributed by atoms with E-state index in [2.05, 4.69) is 42.5 Å². The van der Waals surface area contributed by atoms with E-state index in [0.717, 1.165) is 0 Å². The maximum Gasteiger partial charge on any atom is 0.0551 e. The monoisotopic (exact) mass is 251 g/mol. The van der Waals surface area contributed by atoms with Crippen molar-refractivity contribution in [2.75, 3.05) is 0 Å². The van der Waals surface area contributed by atoms with Crippen molar-refractivity contribution in [3.63, 3.8) is 0 Å². The second-order valence-corrected chi connectivity index (χ2v) is 5.48. The third-order valence-electron chi connectivity index (χ3n) is 4.14. The van der Waals surface area contributed by atoms with Crippen LogP contribution >= 0.6 is 0 Å². The number of hydrogen-bond donors (Lipinski definition) is 1. The fraction of sp³-hybridized carbons (Fsp3) is 0.333. The molecule has 0 heterocycles. The first-order valence-corrected chi connectivity index (χ1v) is 7.27. The summed E-state index contributed by atoms with van der Waals surface area (Å²) in [5, 5.41) is 0. The van der Waals surface area contributed by atoms with E-state index in [1.54, 1.807) is 0 Å². The predicted molar refractivity (Wildman–Crippen MR) is 80.2 cm³/mol. The lowest BCUT2D eigenvalue weighted by Crippen LogP contribution is -2.12. The van der Waals surface area contributed by atoms with E-state index in [4.69, 9.17) is 5.73 Å². The molecule has 98 valence electrons. The van der Waals surface area contributed by atoms with Gasteiger partial charge in [-0.2, -0.15) is 0 Å².